The summed E-state index contributed by atoms with van der Waals surface area (Å²) in [6.07, 6.45) is 11.4. The third-order valence-corrected chi connectivity index (χ3v) is 4.36. The van der Waals surface area contributed by atoms with Gasteiger partial charge in [-0.15, -0.1) is 0 Å². The molecule has 0 heterocycles. The Kier molecular flexibility index (Phi) is 12.7. The first-order chi connectivity index (χ1) is 11.0. The van der Waals surface area contributed by atoms with Crippen LogP contribution < -0.4 is 0 Å². The van der Waals surface area contributed by atoms with Crippen molar-refractivity contribution in [2.45, 2.75) is 92.5 Å². The second-order valence-electron chi connectivity index (χ2n) is 6.11. The molecule has 0 aliphatic carbocycles. The van der Waals surface area contributed by atoms with Crippen LogP contribution in [0.15, 0.2) is 28.3 Å². The van der Waals surface area contributed by atoms with Crippen LogP contribution >= 0.6 is 0 Å². The first-order valence-corrected chi connectivity index (χ1v) is 9.37. The summed E-state index contributed by atoms with van der Waals surface area (Å²) in [5.41, 5.74) is 0.751. The van der Waals surface area contributed by atoms with E-state index < -0.39 is 0 Å². The van der Waals surface area contributed by atoms with Crippen LogP contribution in [0.25, 0.3) is 0 Å². The molecular weight excluding hydrogens is 287 g/mol. The average Bonchev–Trinajstić information content (AvgIpc) is 2.58. The fraction of sp³-hybridized carbons (Fsp3) is 0.750. The number of unbranched alkanes of at least 4 members (excludes halogenated alkanes) is 2. The number of halogens is 1. The lowest BCUT2D eigenvalue weighted by molar-refractivity contribution is 0.228. The van der Waals surface area contributed by atoms with Gasteiger partial charge < -0.3 is 4.90 Å². The molecule has 134 valence electrons. The maximum Gasteiger partial charge on any atom is 0.140 e. The number of hydrogen-bond acceptors (Lipinski definition) is 2. The van der Waals surface area contributed by atoms with Crippen LogP contribution in [0.4, 0.5) is 4.39 Å². The van der Waals surface area contributed by atoms with Crippen molar-refractivity contribution in [3.05, 3.63) is 23.3 Å². The third kappa shape index (κ3) is 8.34. The standard InChI is InChI=1S/C20H37FN2/c1-7-12-14-18(15-13-8-2)23(11-5)20(10-4)22-16-19(21)17(6)9-3/h10,16,18H,7-9,11-15H2,1-6H3/b19-17-,20-10+,22-16-. The molecule has 0 rings (SSSR count). The molecule has 0 aliphatic heterocycles. The van der Waals surface area contributed by atoms with Crippen LogP contribution in [0.3, 0.4) is 0 Å². The van der Waals surface area contributed by atoms with Gasteiger partial charge in [0.05, 0.1) is 6.21 Å². The van der Waals surface area contributed by atoms with Gasteiger partial charge in [-0.2, -0.15) is 0 Å². The summed E-state index contributed by atoms with van der Waals surface area (Å²) >= 11 is 0. The quantitative estimate of drug-likeness (QED) is 0.367. The molecule has 0 unspecified atom stereocenters. The van der Waals surface area contributed by atoms with Gasteiger partial charge in [0.15, 0.2) is 0 Å². The van der Waals surface area contributed by atoms with Crippen molar-refractivity contribution in [3.8, 4) is 0 Å². The highest BCUT2D eigenvalue weighted by Gasteiger charge is 2.18. The van der Waals surface area contributed by atoms with Crippen molar-refractivity contribution < 1.29 is 4.39 Å². The Bertz CT molecular complexity index is 388. The normalized spacial score (nSPS) is 13.8. The zero-order chi connectivity index (χ0) is 17.7. The van der Waals surface area contributed by atoms with Gasteiger partial charge in [-0.25, -0.2) is 9.38 Å². The first-order valence-electron chi connectivity index (χ1n) is 9.37. The molecule has 0 aliphatic rings. The Morgan fingerprint density at radius 3 is 2.04 bits per heavy atom. The molecule has 0 aromatic carbocycles. The van der Waals surface area contributed by atoms with Gasteiger partial charge >= 0.3 is 0 Å². The Hall–Kier alpha value is -1.12. The minimum absolute atomic E-state index is 0.207. The Labute approximate surface area is 143 Å². The molecule has 0 aromatic rings. The third-order valence-electron chi connectivity index (χ3n) is 4.36. The fourth-order valence-corrected chi connectivity index (χ4v) is 2.66. The second kappa shape index (κ2) is 13.3. The molecule has 0 N–H and O–H groups in total. The summed E-state index contributed by atoms with van der Waals surface area (Å²) in [4.78, 5) is 6.79. The summed E-state index contributed by atoms with van der Waals surface area (Å²) in [6.45, 7) is 13.3. The van der Waals surface area contributed by atoms with Gasteiger partial charge in [-0.1, -0.05) is 46.5 Å². The lowest BCUT2D eigenvalue weighted by Gasteiger charge is -2.33. The molecule has 2 nitrogen and oxygen atoms in total. The maximum absolute atomic E-state index is 14.0. The number of hydrogen-bond donors (Lipinski definition) is 0. The predicted molar refractivity (Wildman–Crippen MR) is 102 cm³/mol. The largest absolute Gasteiger partial charge is 0.354 e. The van der Waals surface area contributed by atoms with Crippen LogP contribution in [0.1, 0.15) is 86.5 Å². The minimum atomic E-state index is -0.207. The fourth-order valence-electron chi connectivity index (χ4n) is 2.66. The Morgan fingerprint density at radius 1 is 1.09 bits per heavy atom. The molecule has 3 heteroatoms. The van der Waals surface area contributed by atoms with Crippen LogP contribution in [0, 0.1) is 0 Å². The highest BCUT2D eigenvalue weighted by molar-refractivity contribution is 5.77. The van der Waals surface area contributed by atoms with Crippen molar-refractivity contribution in [2.75, 3.05) is 6.54 Å². The zero-order valence-electron chi connectivity index (χ0n) is 16.2. The highest BCUT2D eigenvalue weighted by Crippen LogP contribution is 2.21. The van der Waals surface area contributed by atoms with Crippen molar-refractivity contribution in [1.29, 1.82) is 0 Å². The number of aliphatic imine (C=N–C) groups is 1. The predicted octanol–water partition coefficient (Wildman–Crippen LogP) is 6.64. The summed E-state index contributed by atoms with van der Waals surface area (Å²) in [7, 11) is 0. The van der Waals surface area contributed by atoms with E-state index in [2.05, 4.69) is 30.7 Å². The van der Waals surface area contributed by atoms with E-state index in [0.717, 1.165) is 24.4 Å². The summed E-state index contributed by atoms with van der Waals surface area (Å²) in [5, 5.41) is 0. The molecule has 0 saturated carbocycles. The molecule has 0 radical (unpaired) electrons. The zero-order valence-corrected chi connectivity index (χ0v) is 16.2. The summed E-state index contributed by atoms with van der Waals surface area (Å²) in [6, 6.07) is 0.502. The van der Waals surface area contributed by atoms with Gasteiger partial charge in [0.2, 0.25) is 0 Å². The van der Waals surface area contributed by atoms with E-state index in [-0.39, 0.29) is 5.83 Å². The Balaban J connectivity index is 5.19. The van der Waals surface area contributed by atoms with E-state index in [1.54, 1.807) is 0 Å². The minimum Gasteiger partial charge on any atom is -0.354 e. The van der Waals surface area contributed by atoms with Gasteiger partial charge in [-0.05, 0) is 51.7 Å². The van der Waals surface area contributed by atoms with Gasteiger partial charge in [0.25, 0.3) is 0 Å². The van der Waals surface area contributed by atoms with E-state index in [1.165, 1.54) is 44.7 Å². The maximum atomic E-state index is 14.0. The molecule has 23 heavy (non-hydrogen) atoms. The topological polar surface area (TPSA) is 15.6 Å². The van der Waals surface area contributed by atoms with E-state index >= 15 is 0 Å². The molecule has 0 amide bonds. The summed E-state index contributed by atoms with van der Waals surface area (Å²) in [5.74, 6) is 0.685. The van der Waals surface area contributed by atoms with Crippen molar-refractivity contribution in [3.63, 3.8) is 0 Å². The van der Waals surface area contributed by atoms with E-state index in [4.69, 9.17) is 0 Å². The van der Waals surface area contributed by atoms with Crippen LogP contribution in [-0.2, 0) is 0 Å². The van der Waals surface area contributed by atoms with Gasteiger partial charge in [-0.3, -0.25) is 0 Å². The lowest BCUT2D eigenvalue weighted by Crippen LogP contribution is -2.34. The van der Waals surface area contributed by atoms with Crippen molar-refractivity contribution in [1.82, 2.24) is 4.90 Å². The summed E-state index contributed by atoms with van der Waals surface area (Å²) < 4.78 is 14.0. The van der Waals surface area contributed by atoms with Gasteiger partial charge in [0, 0.05) is 12.6 Å². The number of allylic oxidation sites excluding steroid dienone is 3. The van der Waals surface area contributed by atoms with E-state index in [0.29, 0.717) is 6.04 Å². The van der Waals surface area contributed by atoms with Crippen molar-refractivity contribution in [2.24, 2.45) is 4.99 Å². The molecule has 0 aromatic heterocycles. The molecule has 0 saturated heterocycles. The molecular formula is C20H37FN2. The van der Waals surface area contributed by atoms with Crippen LogP contribution in [0.5, 0.6) is 0 Å². The smallest absolute Gasteiger partial charge is 0.140 e. The van der Waals surface area contributed by atoms with E-state index in [9.17, 15) is 4.39 Å². The molecule has 0 bridgehead atoms. The van der Waals surface area contributed by atoms with Crippen LogP contribution in [0.2, 0.25) is 0 Å². The number of rotatable bonds is 12. The molecule has 0 atom stereocenters. The second-order valence-corrected chi connectivity index (χ2v) is 6.11. The molecule has 0 fully saturated rings. The van der Waals surface area contributed by atoms with E-state index in [1.807, 2.05) is 26.8 Å². The van der Waals surface area contributed by atoms with Gasteiger partial charge in [0.1, 0.15) is 11.6 Å². The lowest BCUT2D eigenvalue weighted by atomic mass is 10.0. The van der Waals surface area contributed by atoms with Crippen LogP contribution in [-0.4, -0.2) is 23.7 Å². The monoisotopic (exact) mass is 324 g/mol. The first kappa shape index (κ1) is 21.9. The Morgan fingerprint density at radius 2 is 1.65 bits per heavy atom. The highest BCUT2D eigenvalue weighted by atomic mass is 19.1. The van der Waals surface area contributed by atoms with Crippen molar-refractivity contribution >= 4 is 6.21 Å². The SMILES string of the molecule is C\C=C(/N=C\C(F)=C(/C)CC)N(CC)C(CCCC)CCCC. The average molecular weight is 325 g/mol. The number of nitrogens with zero attached hydrogens (tertiary/aromatic N) is 2. The molecule has 0 spiro atoms.